The predicted molar refractivity (Wildman–Crippen MR) is 134 cm³/mol. The first-order chi connectivity index (χ1) is 16.9. The number of fused-ring (bicyclic) bond motifs is 3. The Hall–Kier alpha value is -3.40. The molecule has 2 aromatic heterocycles. The summed E-state index contributed by atoms with van der Waals surface area (Å²) in [4.78, 5) is 27.8. The zero-order valence-electron chi connectivity index (χ0n) is 19.6. The molecule has 1 aliphatic heterocycles. The third-order valence-electron chi connectivity index (χ3n) is 6.51. The highest BCUT2D eigenvalue weighted by Crippen LogP contribution is 2.28. The van der Waals surface area contributed by atoms with E-state index >= 15 is 0 Å². The van der Waals surface area contributed by atoms with E-state index < -0.39 is 0 Å². The molecule has 8 nitrogen and oxygen atoms in total. The van der Waals surface area contributed by atoms with Gasteiger partial charge >= 0.3 is 0 Å². The minimum Gasteiger partial charge on any atom is -0.336 e. The van der Waals surface area contributed by atoms with Crippen LogP contribution in [0.2, 0.25) is 0 Å². The standard InChI is InChI=1S/C25H27FN6O2S/c1-16-6-5-7-17(2)31(16)23(34)14-30-20-8-3-4-9-21(20)32-24(30)28-29-25(32)35-15-22(33)27-19-12-10-18(26)11-13-19/h3-4,8-13,16-17H,5-7,14-15H2,1-2H3,(H,27,33)/t16-,17-/m1/s1. The molecule has 0 radical (unpaired) electrons. The van der Waals surface area contributed by atoms with Crippen LogP contribution in [0.25, 0.3) is 16.8 Å². The van der Waals surface area contributed by atoms with E-state index in [1.165, 1.54) is 36.0 Å². The molecule has 1 fully saturated rings. The molecule has 35 heavy (non-hydrogen) atoms. The van der Waals surface area contributed by atoms with Crippen molar-refractivity contribution in [2.45, 2.75) is 56.9 Å². The Morgan fingerprint density at radius 2 is 1.71 bits per heavy atom. The number of carbonyl (C=O) groups excluding carboxylic acids is 2. The minimum absolute atomic E-state index is 0.0730. The van der Waals surface area contributed by atoms with E-state index in [0.717, 1.165) is 30.3 Å². The second-order valence-corrected chi connectivity index (χ2v) is 9.91. The summed E-state index contributed by atoms with van der Waals surface area (Å²) in [6.07, 6.45) is 3.18. The van der Waals surface area contributed by atoms with Crippen LogP contribution in [-0.4, -0.2) is 53.7 Å². The van der Waals surface area contributed by atoms with Crippen LogP contribution in [0.15, 0.2) is 53.7 Å². The summed E-state index contributed by atoms with van der Waals surface area (Å²) in [5.74, 6) is 0.161. The van der Waals surface area contributed by atoms with E-state index in [0.29, 0.717) is 16.6 Å². The number of hydrogen-bond acceptors (Lipinski definition) is 5. The second-order valence-electron chi connectivity index (χ2n) is 8.97. The maximum atomic E-state index is 13.4. The predicted octanol–water partition coefficient (Wildman–Crippen LogP) is 4.34. The number of carbonyl (C=O) groups is 2. The molecule has 3 heterocycles. The molecule has 2 atom stereocenters. The van der Waals surface area contributed by atoms with Crippen LogP contribution in [-0.2, 0) is 16.1 Å². The number of imidazole rings is 1. The van der Waals surface area contributed by atoms with E-state index in [1.807, 2.05) is 38.1 Å². The van der Waals surface area contributed by atoms with Crippen molar-refractivity contribution in [1.29, 1.82) is 0 Å². The van der Waals surface area contributed by atoms with Gasteiger partial charge in [0, 0.05) is 17.8 Å². The zero-order chi connectivity index (χ0) is 24.5. The fourth-order valence-electron chi connectivity index (χ4n) is 4.88. The van der Waals surface area contributed by atoms with Gasteiger partial charge in [-0.25, -0.2) is 4.39 Å². The molecule has 0 bridgehead atoms. The number of nitrogens with one attached hydrogen (secondary N) is 1. The lowest BCUT2D eigenvalue weighted by Crippen LogP contribution is -2.48. The van der Waals surface area contributed by atoms with E-state index in [9.17, 15) is 14.0 Å². The lowest BCUT2D eigenvalue weighted by molar-refractivity contribution is -0.137. The Morgan fingerprint density at radius 3 is 2.43 bits per heavy atom. The molecule has 5 rings (SSSR count). The Labute approximate surface area is 206 Å². The normalized spacial score (nSPS) is 18.3. The molecule has 1 N–H and O–H groups in total. The van der Waals surface area contributed by atoms with Gasteiger partial charge in [-0.05, 0) is 69.5 Å². The number of piperidine rings is 1. The molecule has 0 unspecified atom stereocenters. The maximum absolute atomic E-state index is 13.4. The molecule has 10 heteroatoms. The van der Waals surface area contributed by atoms with E-state index in [2.05, 4.69) is 29.4 Å². The highest BCUT2D eigenvalue weighted by molar-refractivity contribution is 7.99. The number of benzene rings is 2. The average molecular weight is 495 g/mol. The summed E-state index contributed by atoms with van der Waals surface area (Å²) >= 11 is 1.26. The number of rotatable bonds is 6. The summed E-state index contributed by atoms with van der Waals surface area (Å²) in [7, 11) is 0. The minimum atomic E-state index is -0.359. The third-order valence-corrected chi connectivity index (χ3v) is 7.44. The number of thioether (sulfide) groups is 1. The van der Waals surface area contributed by atoms with Crippen LogP contribution < -0.4 is 5.32 Å². The maximum Gasteiger partial charge on any atom is 0.243 e. The van der Waals surface area contributed by atoms with Crippen molar-refractivity contribution in [1.82, 2.24) is 24.1 Å². The highest BCUT2D eigenvalue weighted by atomic mass is 32.2. The molecule has 0 spiro atoms. The van der Waals surface area contributed by atoms with Gasteiger partial charge in [-0.2, -0.15) is 0 Å². The number of aromatic nitrogens is 4. The number of nitrogens with zero attached hydrogens (tertiary/aromatic N) is 5. The van der Waals surface area contributed by atoms with Crippen molar-refractivity contribution < 1.29 is 14.0 Å². The molecular formula is C25H27FN6O2S. The number of hydrogen-bond donors (Lipinski definition) is 1. The van der Waals surface area contributed by atoms with Crippen LogP contribution in [0.3, 0.4) is 0 Å². The van der Waals surface area contributed by atoms with Crippen LogP contribution in [0.4, 0.5) is 10.1 Å². The summed E-state index contributed by atoms with van der Waals surface area (Å²) in [6.45, 7) is 4.40. The number of anilines is 1. The fourth-order valence-corrected chi connectivity index (χ4v) is 5.62. The van der Waals surface area contributed by atoms with Gasteiger partial charge in [0.2, 0.25) is 17.6 Å². The van der Waals surface area contributed by atoms with Crippen molar-refractivity contribution in [3.05, 3.63) is 54.3 Å². The van der Waals surface area contributed by atoms with Gasteiger partial charge in [0.05, 0.1) is 16.8 Å². The Kier molecular flexibility index (Phi) is 6.46. The van der Waals surface area contributed by atoms with Crippen molar-refractivity contribution >= 4 is 46.1 Å². The van der Waals surface area contributed by atoms with Gasteiger partial charge in [0.25, 0.3) is 0 Å². The molecular weight excluding hydrogens is 467 g/mol. The lowest BCUT2D eigenvalue weighted by atomic mass is 9.97. The molecule has 1 aliphatic rings. The topological polar surface area (TPSA) is 84.5 Å². The Bertz CT molecular complexity index is 1370. The van der Waals surface area contributed by atoms with Crippen LogP contribution in [0, 0.1) is 5.82 Å². The molecule has 1 saturated heterocycles. The summed E-state index contributed by atoms with van der Waals surface area (Å²) < 4.78 is 16.9. The van der Waals surface area contributed by atoms with Crippen molar-refractivity contribution in [2.75, 3.05) is 11.1 Å². The quantitative estimate of drug-likeness (QED) is 0.403. The van der Waals surface area contributed by atoms with Gasteiger partial charge < -0.3 is 10.2 Å². The van der Waals surface area contributed by atoms with Crippen LogP contribution in [0.1, 0.15) is 33.1 Å². The van der Waals surface area contributed by atoms with Gasteiger partial charge in [0.15, 0.2) is 5.16 Å². The molecule has 2 amide bonds. The molecule has 0 aliphatic carbocycles. The van der Waals surface area contributed by atoms with Gasteiger partial charge in [-0.3, -0.25) is 18.6 Å². The van der Waals surface area contributed by atoms with Crippen molar-refractivity contribution in [3.8, 4) is 0 Å². The molecule has 4 aromatic rings. The molecule has 2 aromatic carbocycles. The lowest BCUT2D eigenvalue weighted by Gasteiger charge is -2.39. The summed E-state index contributed by atoms with van der Waals surface area (Å²) in [5, 5.41) is 12.0. The Balaban J connectivity index is 1.39. The molecule has 182 valence electrons. The first-order valence-electron chi connectivity index (χ1n) is 11.7. The SMILES string of the molecule is C[C@@H]1CCC[C@@H](C)N1C(=O)Cn1c2ccccc2n2c(SCC(=O)Nc3ccc(F)cc3)nnc12. The van der Waals surface area contributed by atoms with Crippen molar-refractivity contribution in [2.24, 2.45) is 0 Å². The smallest absolute Gasteiger partial charge is 0.243 e. The molecule has 0 saturated carbocycles. The van der Waals surface area contributed by atoms with Crippen LogP contribution in [0.5, 0.6) is 0 Å². The van der Waals surface area contributed by atoms with Gasteiger partial charge in [-0.1, -0.05) is 23.9 Å². The van der Waals surface area contributed by atoms with E-state index in [1.54, 1.807) is 0 Å². The zero-order valence-corrected chi connectivity index (χ0v) is 20.5. The number of amides is 2. The number of halogens is 1. The fraction of sp³-hybridized carbons (Fsp3) is 0.360. The monoisotopic (exact) mass is 494 g/mol. The second kappa shape index (κ2) is 9.69. The van der Waals surface area contributed by atoms with E-state index in [4.69, 9.17) is 0 Å². The number of para-hydroxylation sites is 2. The Morgan fingerprint density at radius 1 is 1.03 bits per heavy atom. The highest BCUT2D eigenvalue weighted by Gasteiger charge is 2.30. The van der Waals surface area contributed by atoms with Crippen LogP contribution >= 0.6 is 11.8 Å². The van der Waals surface area contributed by atoms with Crippen molar-refractivity contribution in [3.63, 3.8) is 0 Å². The number of likely N-dealkylation sites (tertiary alicyclic amines) is 1. The van der Waals surface area contributed by atoms with Gasteiger partial charge in [0.1, 0.15) is 12.4 Å². The first kappa shape index (κ1) is 23.3. The average Bonchev–Trinajstić information content (AvgIpc) is 3.38. The summed E-state index contributed by atoms with van der Waals surface area (Å²) in [5.41, 5.74) is 2.29. The largest absolute Gasteiger partial charge is 0.336 e. The summed E-state index contributed by atoms with van der Waals surface area (Å²) in [6, 6.07) is 13.9. The third kappa shape index (κ3) is 4.62. The first-order valence-corrected chi connectivity index (χ1v) is 12.7. The van der Waals surface area contributed by atoms with Gasteiger partial charge in [-0.15, -0.1) is 10.2 Å². The van der Waals surface area contributed by atoms with E-state index in [-0.39, 0.29) is 42.0 Å².